The smallest absolute Gasteiger partial charge is 0.266 e. The van der Waals surface area contributed by atoms with E-state index in [9.17, 15) is 0 Å². The van der Waals surface area contributed by atoms with Gasteiger partial charge in [0.25, 0.3) is 5.71 Å². The Morgan fingerprint density at radius 2 is 1.67 bits per heavy atom. The van der Waals surface area contributed by atoms with Crippen LogP contribution in [0.25, 0.3) is 34.0 Å². The maximum Gasteiger partial charge on any atom is 0.266 e. The second kappa shape index (κ2) is 3.33. The minimum atomic E-state index is 0.384. The Morgan fingerprint density at radius 1 is 0.778 bits per heavy atom. The van der Waals surface area contributed by atoms with Gasteiger partial charge < -0.3 is 8.83 Å². The van der Waals surface area contributed by atoms with Gasteiger partial charge in [0, 0.05) is 0 Å². The van der Waals surface area contributed by atoms with E-state index < -0.39 is 0 Å². The number of fused-ring (bicyclic) bond motifs is 2. The standard InChI is InChI=1S/C11H5N5O2/c1-2-8-9(13-4-17-8)15-6(1)7-3-12-10-11(16-7)18-5-14-10/h1-5H. The summed E-state index contributed by atoms with van der Waals surface area (Å²) in [6.45, 7) is 0. The number of pyridine rings is 1. The van der Waals surface area contributed by atoms with E-state index >= 15 is 0 Å². The van der Waals surface area contributed by atoms with E-state index in [2.05, 4.69) is 24.9 Å². The van der Waals surface area contributed by atoms with Crippen molar-refractivity contribution < 1.29 is 8.83 Å². The highest BCUT2D eigenvalue weighted by Crippen LogP contribution is 2.19. The number of aromatic nitrogens is 5. The molecule has 0 unspecified atom stereocenters. The second-order valence-corrected chi connectivity index (χ2v) is 3.61. The van der Waals surface area contributed by atoms with Crippen LogP contribution in [0.1, 0.15) is 0 Å². The first-order valence-corrected chi connectivity index (χ1v) is 5.17. The molecule has 7 heteroatoms. The van der Waals surface area contributed by atoms with E-state index in [1.165, 1.54) is 12.8 Å². The minimum absolute atomic E-state index is 0.384. The molecule has 18 heavy (non-hydrogen) atoms. The van der Waals surface area contributed by atoms with Crippen LogP contribution in [0.3, 0.4) is 0 Å². The molecule has 4 heterocycles. The molecule has 0 aliphatic heterocycles. The van der Waals surface area contributed by atoms with Gasteiger partial charge in [0.1, 0.15) is 5.69 Å². The highest BCUT2D eigenvalue weighted by molar-refractivity contribution is 5.73. The quantitative estimate of drug-likeness (QED) is 0.500. The topological polar surface area (TPSA) is 90.7 Å². The summed E-state index contributed by atoms with van der Waals surface area (Å²) in [6.07, 6.45) is 4.26. The van der Waals surface area contributed by atoms with Crippen molar-refractivity contribution >= 4 is 22.6 Å². The second-order valence-electron chi connectivity index (χ2n) is 3.61. The molecule has 0 N–H and O–H groups in total. The maximum absolute atomic E-state index is 5.13. The van der Waals surface area contributed by atoms with Crippen molar-refractivity contribution in [2.24, 2.45) is 0 Å². The van der Waals surface area contributed by atoms with Crippen molar-refractivity contribution in [3.63, 3.8) is 0 Å². The molecule has 0 radical (unpaired) electrons. The number of oxazole rings is 2. The summed E-state index contributed by atoms with van der Waals surface area (Å²) >= 11 is 0. The predicted molar refractivity (Wildman–Crippen MR) is 60.4 cm³/mol. The SMILES string of the molecule is c1nc2nc(-c3cnc4ncoc4n3)ccc2o1. The predicted octanol–water partition coefficient (Wildman–Crippen LogP) is 1.82. The first-order valence-electron chi connectivity index (χ1n) is 5.17. The van der Waals surface area contributed by atoms with E-state index in [-0.39, 0.29) is 0 Å². The van der Waals surface area contributed by atoms with Crippen molar-refractivity contribution in [3.8, 4) is 11.4 Å². The summed E-state index contributed by atoms with van der Waals surface area (Å²) in [5.74, 6) is 0. The van der Waals surface area contributed by atoms with Gasteiger partial charge in [0.15, 0.2) is 24.0 Å². The monoisotopic (exact) mass is 239 g/mol. The molecule has 86 valence electrons. The average molecular weight is 239 g/mol. The summed E-state index contributed by atoms with van der Waals surface area (Å²) in [5.41, 5.74) is 3.28. The normalized spacial score (nSPS) is 11.3. The van der Waals surface area contributed by atoms with Crippen LogP contribution < -0.4 is 0 Å². The molecule has 0 amide bonds. The Bertz CT molecular complexity index is 779. The van der Waals surface area contributed by atoms with Gasteiger partial charge in [-0.05, 0) is 12.1 Å². The van der Waals surface area contributed by atoms with Crippen molar-refractivity contribution in [1.82, 2.24) is 24.9 Å². The average Bonchev–Trinajstić information content (AvgIpc) is 3.05. The first kappa shape index (κ1) is 9.23. The van der Waals surface area contributed by atoms with Gasteiger partial charge >= 0.3 is 0 Å². The molecule has 0 spiro atoms. The zero-order valence-electron chi connectivity index (χ0n) is 8.94. The molecule has 7 nitrogen and oxygen atoms in total. The van der Waals surface area contributed by atoms with Crippen LogP contribution in [0.5, 0.6) is 0 Å². The van der Waals surface area contributed by atoms with Crippen LogP contribution in [-0.4, -0.2) is 24.9 Å². The molecule has 4 aromatic rings. The fourth-order valence-corrected chi connectivity index (χ4v) is 1.68. The van der Waals surface area contributed by atoms with Crippen LogP contribution in [0.4, 0.5) is 0 Å². The Hall–Kier alpha value is -2.83. The van der Waals surface area contributed by atoms with Crippen molar-refractivity contribution in [2.45, 2.75) is 0 Å². The lowest BCUT2D eigenvalue weighted by molar-refractivity contribution is 0.591. The van der Waals surface area contributed by atoms with Gasteiger partial charge in [-0.3, -0.25) is 0 Å². The Labute approximate surface area is 99.5 Å². The van der Waals surface area contributed by atoms with E-state index in [1.807, 2.05) is 0 Å². The van der Waals surface area contributed by atoms with E-state index in [1.54, 1.807) is 18.3 Å². The van der Waals surface area contributed by atoms with Gasteiger partial charge in [-0.1, -0.05) is 0 Å². The molecule has 0 atom stereocenters. The lowest BCUT2D eigenvalue weighted by Crippen LogP contribution is -1.90. The maximum atomic E-state index is 5.13. The van der Waals surface area contributed by atoms with Crippen LogP contribution in [0.2, 0.25) is 0 Å². The Morgan fingerprint density at radius 3 is 2.67 bits per heavy atom. The number of hydrogen-bond acceptors (Lipinski definition) is 7. The van der Waals surface area contributed by atoms with Gasteiger partial charge in [-0.25, -0.2) is 15.0 Å². The zero-order chi connectivity index (χ0) is 11.9. The third kappa shape index (κ3) is 1.27. The number of nitrogens with zero attached hydrogens (tertiary/aromatic N) is 5. The highest BCUT2D eigenvalue weighted by Gasteiger charge is 2.08. The van der Waals surface area contributed by atoms with Crippen LogP contribution in [0.15, 0.2) is 40.0 Å². The molecule has 0 aromatic carbocycles. The lowest BCUT2D eigenvalue weighted by Gasteiger charge is -1.97. The van der Waals surface area contributed by atoms with Crippen molar-refractivity contribution in [2.75, 3.05) is 0 Å². The first-order chi connectivity index (χ1) is 8.90. The number of rotatable bonds is 1. The summed E-state index contributed by atoms with van der Waals surface area (Å²) in [6, 6.07) is 3.58. The molecule has 0 aliphatic rings. The number of hydrogen-bond donors (Lipinski definition) is 0. The van der Waals surface area contributed by atoms with Crippen molar-refractivity contribution in [3.05, 3.63) is 31.1 Å². The fourth-order valence-electron chi connectivity index (χ4n) is 1.68. The van der Waals surface area contributed by atoms with Gasteiger partial charge in [-0.15, -0.1) is 0 Å². The largest absolute Gasteiger partial charge is 0.442 e. The molecule has 0 saturated heterocycles. The molecular weight excluding hydrogens is 234 g/mol. The Balaban J connectivity index is 1.93. The third-order valence-electron chi connectivity index (χ3n) is 2.52. The molecule has 4 rings (SSSR count). The zero-order valence-corrected chi connectivity index (χ0v) is 8.94. The molecule has 4 aromatic heterocycles. The van der Waals surface area contributed by atoms with E-state index in [0.717, 1.165) is 0 Å². The third-order valence-corrected chi connectivity index (χ3v) is 2.52. The van der Waals surface area contributed by atoms with Gasteiger partial charge in [0.2, 0.25) is 5.65 Å². The molecule has 0 fully saturated rings. The van der Waals surface area contributed by atoms with Crippen LogP contribution >= 0.6 is 0 Å². The van der Waals surface area contributed by atoms with Crippen LogP contribution in [-0.2, 0) is 0 Å². The van der Waals surface area contributed by atoms with Gasteiger partial charge in [0.05, 0.1) is 11.9 Å². The summed E-state index contributed by atoms with van der Waals surface area (Å²) < 4.78 is 10.2. The van der Waals surface area contributed by atoms with Crippen LogP contribution in [0, 0.1) is 0 Å². The molecule has 0 saturated carbocycles. The fraction of sp³-hybridized carbons (Fsp3) is 0. The van der Waals surface area contributed by atoms with Crippen molar-refractivity contribution in [1.29, 1.82) is 0 Å². The lowest BCUT2D eigenvalue weighted by atomic mass is 10.3. The minimum Gasteiger partial charge on any atom is -0.442 e. The molecule has 0 bridgehead atoms. The molecule has 0 aliphatic carbocycles. The van der Waals surface area contributed by atoms with Gasteiger partial charge in [-0.2, -0.15) is 9.97 Å². The Kier molecular flexibility index (Phi) is 1.71. The van der Waals surface area contributed by atoms with E-state index in [0.29, 0.717) is 34.0 Å². The summed E-state index contributed by atoms with van der Waals surface area (Å²) in [7, 11) is 0. The molecular formula is C11H5N5O2. The summed E-state index contributed by atoms with van der Waals surface area (Å²) in [4.78, 5) is 20.6. The highest BCUT2D eigenvalue weighted by atomic mass is 16.3. The van der Waals surface area contributed by atoms with E-state index in [4.69, 9.17) is 8.83 Å². The summed E-state index contributed by atoms with van der Waals surface area (Å²) in [5, 5.41) is 0.